The number of aliphatic carboxylic acids is 1. The molecule has 308 valence electrons. The number of carbonyl (C=O) groups excluding carboxylic acids is 6. The summed E-state index contributed by atoms with van der Waals surface area (Å²) in [6, 6.07) is 1.33. The maximum Gasteiger partial charge on any atom is 0.328 e. The molecular weight excluding hydrogens is 716 g/mol. The third-order valence-electron chi connectivity index (χ3n) is 9.58. The van der Waals surface area contributed by atoms with Crippen LogP contribution in [0.2, 0.25) is 0 Å². The van der Waals surface area contributed by atoms with Crippen molar-refractivity contribution in [3.63, 3.8) is 0 Å². The summed E-state index contributed by atoms with van der Waals surface area (Å²) in [5, 5.41) is 41.5. The second-order valence-corrected chi connectivity index (χ2v) is 14.7. The minimum absolute atomic E-state index is 0.0832. The normalized spacial score (nSPS) is 18.7. The van der Waals surface area contributed by atoms with Gasteiger partial charge in [-0.1, -0.05) is 64.4 Å². The number of hydrogen-bond donors (Lipinski definition) is 10. The van der Waals surface area contributed by atoms with E-state index in [1.807, 2.05) is 56.0 Å². The van der Waals surface area contributed by atoms with Gasteiger partial charge in [-0.25, -0.2) is 4.79 Å². The third kappa shape index (κ3) is 15.2. The van der Waals surface area contributed by atoms with Crippen molar-refractivity contribution in [3.05, 3.63) is 35.9 Å². The summed E-state index contributed by atoms with van der Waals surface area (Å²) in [4.78, 5) is 92.3. The van der Waals surface area contributed by atoms with E-state index >= 15 is 0 Å². The van der Waals surface area contributed by atoms with E-state index < -0.39 is 103 Å². The molecule has 55 heavy (non-hydrogen) atoms. The van der Waals surface area contributed by atoms with Crippen molar-refractivity contribution in [3.8, 4) is 0 Å². The van der Waals surface area contributed by atoms with Crippen LogP contribution in [0.1, 0.15) is 72.3 Å². The zero-order valence-electron chi connectivity index (χ0n) is 32.3. The van der Waals surface area contributed by atoms with Crippen LogP contribution in [0.5, 0.6) is 0 Å². The van der Waals surface area contributed by atoms with Crippen LogP contribution in [-0.2, 0) is 40.0 Å². The number of carbonyl (C=O) groups is 7. The molecule has 1 saturated heterocycles. The lowest BCUT2D eigenvalue weighted by molar-refractivity contribution is -0.143. The number of hydrogen-bond acceptors (Lipinski definition) is 11. The SMILES string of the molecule is CC[C@H](C)[C@H](NC(=O)[C@@H]1CCCN1C[C@@H](Cc1ccccc1)NC(=O)[C@H](CC(N)=O)NC(=O)[C@H](CC(C)C)NC(=O)[C@@H](N)[C@@H](C)O)C(=O)N[C@@H](CO)C(=O)O. The molecule has 0 saturated carbocycles. The lowest BCUT2D eigenvalue weighted by Gasteiger charge is -2.32. The van der Waals surface area contributed by atoms with E-state index in [1.54, 1.807) is 6.92 Å². The second-order valence-electron chi connectivity index (χ2n) is 14.7. The van der Waals surface area contributed by atoms with Gasteiger partial charge in [-0.3, -0.25) is 33.7 Å². The fraction of sp³-hybridized carbons (Fsp3) is 0.649. The number of carboxylic acid groups (broad SMARTS) is 1. The minimum Gasteiger partial charge on any atom is -0.480 e. The number of primary amides is 1. The van der Waals surface area contributed by atoms with Crippen LogP contribution in [0.4, 0.5) is 0 Å². The number of carboxylic acids is 1. The first kappa shape index (κ1) is 46.5. The molecular formula is C37H60N8O10. The zero-order chi connectivity index (χ0) is 41.4. The summed E-state index contributed by atoms with van der Waals surface area (Å²) >= 11 is 0. The molecule has 18 heteroatoms. The molecule has 18 nitrogen and oxygen atoms in total. The first-order valence-electron chi connectivity index (χ1n) is 18.7. The Morgan fingerprint density at radius 2 is 1.45 bits per heavy atom. The molecule has 1 aromatic carbocycles. The number of amides is 6. The Hall–Kier alpha value is -4.65. The van der Waals surface area contributed by atoms with Crippen LogP contribution in [0.25, 0.3) is 0 Å². The smallest absolute Gasteiger partial charge is 0.328 e. The summed E-state index contributed by atoms with van der Waals surface area (Å²) in [6.07, 6.45) is 0.249. The maximum atomic E-state index is 13.9. The Morgan fingerprint density at radius 1 is 0.855 bits per heavy atom. The van der Waals surface area contributed by atoms with E-state index in [2.05, 4.69) is 26.6 Å². The highest BCUT2D eigenvalue weighted by atomic mass is 16.4. The van der Waals surface area contributed by atoms with Crippen LogP contribution in [0.3, 0.4) is 0 Å². The number of benzene rings is 1. The van der Waals surface area contributed by atoms with Gasteiger partial charge >= 0.3 is 5.97 Å². The summed E-state index contributed by atoms with van der Waals surface area (Å²) in [5.41, 5.74) is 12.1. The van der Waals surface area contributed by atoms with Gasteiger partial charge in [0, 0.05) is 12.6 Å². The molecule has 0 unspecified atom stereocenters. The summed E-state index contributed by atoms with van der Waals surface area (Å²) < 4.78 is 0. The van der Waals surface area contributed by atoms with Crippen LogP contribution in [0, 0.1) is 11.8 Å². The standard InChI is InChI=1S/C37H60N8O10/c1-6-21(4)31(36(53)43-27(19-46)37(54)55)44-34(51)28-13-10-14-45(28)18-24(16-23-11-8-7-9-12-23)40-32(49)26(17-29(38)48)41-33(50)25(15-20(2)3)42-35(52)30(39)22(5)47/h7-9,11-12,20-22,24-28,30-31,46-47H,6,10,13-19,39H2,1-5H3,(H2,38,48)(H,40,49)(H,41,50)(H,42,52)(H,43,53)(H,44,51)(H,54,55)/t21-,22+,24+,25-,26-,27-,28-,30-,31-/m0/s1. The molecule has 9 atom stereocenters. The van der Waals surface area contributed by atoms with Crippen LogP contribution in [-0.4, -0.2) is 130 Å². The minimum atomic E-state index is -1.54. The second kappa shape index (κ2) is 22.7. The molecule has 6 amide bonds. The van der Waals surface area contributed by atoms with Crippen molar-refractivity contribution in [2.75, 3.05) is 19.7 Å². The number of aliphatic hydroxyl groups is 2. The number of nitrogens with zero attached hydrogens (tertiary/aromatic N) is 1. The Balaban J connectivity index is 2.33. The molecule has 1 fully saturated rings. The van der Waals surface area contributed by atoms with Gasteiger partial charge in [-0.05, 0) is 56.6 Å². The lowest BCUT2D eigenvalue weighted by Crippen LogP contribution is -2.60. The first-order chi connectivity index (χ1) is 25.9. The van der Waals surface area contributed by atoms with E-state index in [0.29, 0.717) is 32.2 Å². The van der Waals surface area contributed by atoms with Crippen molar-refractivity contribution in [1.29, 1.82) is 0 Å². The van der Waals surface area contributed by atoms with Gasteiger partial charge in [-0.2, -0.15) is 0 Å². The fourth-order valence-electron chi connectivity index (χ4n) is 6.26. The number of likely N-dealkylation sites (tertiary alicyclic amines) is 1. The third-order valence-corrected chi connectivity index (χ3v) is 9.58. The summed E-state index contributed by atoms with van der Waals surface area (Å²) in [7, 11) is 0. The molecule has 0 aliphatic carbocycles. The number of nitrogens with two attached hydrogens (primary N) is 2. The van der Waals surface area contributed by atoms with Gasteiger partial charge in [-0.15, -0.1) is 0 Å². The topological polar surface area (TPSA) is 296 Å². The number of rotatable bonds is 23. The van der Waals surface area contributed by atoms with Gasteiger partial charge < -0.3 is 53.4 Å². The van der Waals surface area contributed by atoms with Gasteiger partial charge in [0.25, 0.3) is 0 Å². The quantitative estimate of drug-likeness (QED) is 0.0571. The van der Waals surface area contributed by atoms with Crippen LogP contribution >= 0.6 is 0 Å². The molecule has 0 bridgehead atoms. The fourth-order valence-corrected chi connectivity index (χ4v) is 6.26. The first-order valence-corrected chi connectivity index (χ1v) is 18.7. The Bertz CT molecular complexity index is 1460. The lowest BCUT2D eigenvalue weighted by atomic mass is 9.97. The highest BCUT2D eigenvalue weighted by molar-refractivity contribution is 5.95. The van der Waals surface area contributed by atoms with E-state index in [1.165, 1.54) is 6.92 Å². The van der Waals surface area contributed by atoms with Gasteiger partial charge in [0.2, 0.25) is 35.4 Å². The average Bonchev–Trinajstić information content (AvgIpc) is 3.59. The Kier molecular flexibility index (Phi) is 19.2. The molecule has 1 aliphatic heterocycles. The summed E-state index contributed by atoms with van der Waals surface area (Å²) in [5.74, 6) is -6.22. The van der Waals surface area contributed by atoms with Crippen molar-refractivity contribution < 1.29 is 48.9 Å². The van der Waals surface area contributed by atoms with Gasteiger partial charge in [0.05, 0.1) is 25.2 Å². The average molecular weight is 777 g/mol. The molecule has 1 aromatic rings. The highest BCUT2D eigenvalue weighted by Crippen LogP contribution is 2.20. The van der Waals surface area contributed by atoms with Crippen molar-refractivity contribution in [2.45, 2.75) is 122 Å². The predicted molar refractivity (Wildman–Crippen MR) is 201 cm³/mol. The molecule has 0 spiro atoms. The molecule has 2 rings (SSSR count). The van der Waals surface area contributed by atoms with E-state index in [-0.39, 0.29) is 24.8 Å². The molecule has 12 N–H and O–H groups in total. The summed E-state index contributed by atoms with van der Waals surface area (Å²) in [6.45, 7) is 8.33. The van der Waals surface area contributed by atoms with Crippen LogP contribution in [0.15, 0.2) is 30.3 Å². The van der Waals surface area contributed by atoms with E-state index in [0.717, 1.165) is 5.56 Å². The monoisotopic (exact) mass is 776 g/mol. The maximum absolute atomic E-state index is 13.9. The van der Waals surface area contributed by atoms with E-state index in [9.17, 15) is 48.9 Å². The van der Waals surface area contributed by atoms with Gasteiger partial charge in [0.15, 0.2) is 0 Å². The van der Waals surface area contributed by atoms with Crippen molar-refractivity contribution >= 4 is 41.4 Å². The molecule has 0 radical (unpaired) electrons. The highest BCUT2D eigenvalue weighted by Gasteiger charge is 2.37. The van der Waals surface area contributed by atoms with E-state index in [4.69, 9.17) is 11.5 Å². The Morgan fingerprint density at radius 3 is 2.00 bits per heavy atom. The Labute approximate surface area is 321 Å². The van der Waals surface area contributed by atoms with Crippen molar-refractivity contribution in [2.24, 2.45) is 23.3 Å². The van der Waals surface area contributed by atoms with Gasteiger partial charge in [0.1, 0.15) is 30.2 Å². The largest absolute Gasteiger partial charge is 0.480 e. The molecule has 0 aromatic heterocycles. The van der Waals surface area contributed by atoms with Crippen LogP contribution < -0.4 is 38.1 Å². The molecule has 1 heterocycles. The predicted octanol–water partition coefficient (Wildman–Crippen LogP) is -2.13. The zero-order valence-corrected chi connectivity index (χ0v) is 32.3. The number of nitrogens with one attached hydrogen (secondary N) is 5. The number of aliphatic hydroxyl groups excluding tert-OH is 2. The molecule has 1 aliphatic rings. The van der Waals surface area contributed by atoms with Crippen molar-refractivity contribution in [1.82, 2.24) is 31.5 Å².